The molecule has 0 atom stereocenters. The molecule has 0 N–H and O–H groups in total. The molecule has 1 heterocycles. The zero-order valence-electron chi connectivity index (χ0n) is 15.7. The van der Waals surface area contributed by atoms with Gasteiger partial charge in [-0.2, -0.15) is 11.8 Å². The van der Waals surface area contributed by atoms with Gasteiger partial charge in [-0.25, -0.2) is 0 Å². The number of nitrogens with zero attached hydrogens (tertiary/aromatic N) is 1. The number of thioether (sulfide) groups is 1. The van der Waals surface area contributed by atoms with Crippen LogP contribution >= 0.6 is 23.4 Å². The van der Waals surface area contributed by atoms with Gasteiger partial charge in [-0.05, 0) is 35.4 Å². The van der Waals surface area contributed by atoms with Crippen molar-refractivity contribution in [3.63, 3.8) is 0 Å². The van der Waals surface area contributed by atoms with Gasteiger partial charge in [0.15, 0.2) is 0 Å². The first-order chi connectivity index (χ1) is 13.6. The van der Waals surface area contributed by atoms with Gasteiger partial charge in [0.25, 0.3) is 5.91 Å². The van der Waals surface area contributed by atoms with Crippen LogP contribution in [0.2, 0.25) is 5.02 Å². The van der Waals surface area contributed by atoms with E-state index in [-0.39, 0.29) is 18.3 Å². The van der Waals surface area contributed by atoms with Gasteiger partial charge in [0.05, 0.1) is 19.1 Å². The number of halogens is 1. The summed E-state index contributed by atoms with van der Waals surface area (Å²) in [6.45, 7) is 1.74. The predicted octanol–water partition coefficient (Wildman–Crippen LogP) is 3.82. The fourth-order valence-corrected chi connectivity index (χ4v) is 3.93. The first kappa shape index (κ1) is 20.6. The predicted molar refractivity (Wildman–Crippen MR) is 111 cm³/mol. The summed E-state index contributed by atoms with van der Waals surface area (Å²) >= 11 is 7.76. The molecule has 1 fully saturated rings. The summed E-state index contributed by atoms with van der Waals surface area (Å²) in [5.74, 6) is 1.94. The highest BCUT2D eigenvalue weighted by atomic mass is 35.5. The van der Waals surface area contributed by atoms with Gasteiger partial charge in [-0.15, -0.1) is 0 Å². The Kier molecular flexibility index (Phi) is 7.23. The lowest BCUT2D eigenvalue weighted by Crippen LogP contribution is -2.38. The molecular weight excluding hydrogens is 398 g/mol. The Hall–Kier alpha value is -2.18. The highest BCUT2D eigenvalue weighted by molar-refractivity contribution is 7.99. The average Bonchev–Trinajstić information content (AvgIpc) is 2.74. The maximum Gasteiger partial charge on any atom is 0.309 e. The summed E-state index contributed by atoms with van der Waals surface area (Å²) in [4.78, 5) is 26.5. The Morgan fingerprint density at radius 3 is 2.43 bits per heavy atom. The van der Waals surface area contributed by atoms with E-state index in [1.54, 1.807) is 30.3 Å². The molecule has 0 radical (unpaired) electrons. The SMILES string of the molecule is COC(=O)Cc1ccc(OCc2ccc(Cl)cc2)c(C(=O)N2CCSCC2)c1. The number of hydrogen-bond donors (Lipinski definition) is 0. The number of ether oxygens (including phenoxy) is 2. The molecule has 0 spiro atoms. The third-order valence-electron chi connectivity index (χ3n) is 4.46. The van der Waals surface area contributed by atoms with E-state index >= 15 is 0 Å². The fourth-order valence-electron chi connectivity index (χ4n) is 2.90. The van der Waals surface area contributed by atoms with E-state index in [0.29, 0.717) is 36.0 Å². The molecule has 2 aromatic carbocycles. The zero-order chi connectivity index (χ0) is 19.9. The van der Waals surface area contributed by atoms with Crippen LogP contribution in [0, 0.1) is 0 Å². The molecule has 148 valence electrons. The molecule has 1 saturated heterocycles. The Labute approximate surface area is 174 Å². The van der Waals surface area contributed by atoms with Crippen molar-refractivity contribution >= 4 is 35.2 Å². The van der Waals surface area contributed by atoms with Crippen molar-refractivity contribution in [1.29, 1.82) is 0 Å². The van der Waals surface area contributed by atoms with Crippen molar-refractivity contribution in [3.05, 3.63) is 64.2 Å². The molecule has 3 rings (SSSR count). The second-order valence-corrected chi connectivity index (χ2v) is 8.06. The molecular formula is C21H22ClNO4S. The van der Waals surface area contributed by atoms with Gasteiger partial charge >= 0.3 is 5.97 Å². The van der Waals surface area contributed by atoms with Crippen LogP contribution in [0.4, 0.5) is 0 Å². The van der Waals surface area contributed by atoms with Crippen molar-refractivity contribution in [2.75, 3.05) is 31.7 Å². The Morgan fingerprint density at radius 1 is 1.07 bits per heavy atom. The number of esters is 1. The highest BCUT2D eigenvalue weighted by Crippen LogP contribution is 2.25. The lowest BCUT2D eigenvalue weighted by Gasteiger charge is -2.27. The molecule has 2 aromatic rings. The third-order valence-corrected chi connectivity index (χ3v) is 5.65. The Bertz CT molecular complexity index is 835. The van der Waals surface area contributed by atoms with E-state index in [1.807, 2.05) is 28.8 Å². The van der Waals surface area contributed by atoms with Crippen LogP contribution in [-0.4, -0.2) is 48.5 Å². The lowest BCUT2D eigenvalue weighted by molar-refractivity contribution is -0.139. The van der Waals surface area contributed by atoms with Gasteiger partial charge < -0.3 is 14.4 Å². The molecule has 7 heteroatoms. The molecule has 0 bridgehead atoms. The largest absolute Gasteiger partial charge is 0.488 e. The van der Waals surface area contributed by atoms with Crippen LogP contribution in [0.1, 0.15) is 21.5 Å². The summed E-state index contributed by atoms with van der Waals surface area (Å²) in [6, 6.07) is 12.7. The summed E-state index contributed by atoms with van der Waals surface area (Å²) in [6.07, 6.45) is 0.115. The first-order valence-corrected chi connectivity index (χ1v) is 10.5. The van der Waals surface area contributed by atoms with E-state index in [9.17, 15) is 9.59 Å². The normalized spacial score (nSPS) is 13.9. The number of carbonyl (C=O) groups excluding carboxylic acids is 2. The van der Waals surface area contributed by atoms with Crippen molar-refractivity contribution in [1.82, 2.24) is 4.90 Å². The van der Waals surface area contributed by atoms with Crippen LogP contribution in [0.25, 0.3) is 0 Å². The van der Waals surface area contributed by atoms with E-state index < -0.39 is 0 Å². The maximum absolute atomic E-state index is 13.1. The summed E-state index contributed by atoms with van der Waals surface area (Å²) in [7, 11) is 1.35. The lowest BCUT2D eigenvalue weighted by atomic mass is 10.1. The van der Waals surface area contributed by atoms with Gasteiger partial charge in [-0.1, -0.05) is 29.8 Å². The van der Waals surface area contributed by atoms with E-state index in [4.69, 9.17) is 21.1 Å². The van der Waals surface area contributed by atoms with Crippen LogP contribution < -0.4 is 4.74 Å². The van der Waals surface area contributed by atoms with Gasteiger partial charge in [0, 0.05) is 29.6 Å². The molecule has 1 amide bonds. The topological polar surface area (TPSA) is 55.8 Å². The highest BCUT2D eigenvalue weighted by Gasteiger charge is 2.22. The number of benzene rings is 2. The summed E-state index contributed by atoms with van der Waals surface area (Å²) in [5, 5.41) is 0.662. The number of amides is 1. The smallest absolute Gasteiger partial charge is 0.309 e. The number of methoxy groups -OCH3 is 1. The summed E-state index contributed by atoms with van der Waals surface area (Å²) < 4.78 is 10.7. The molecule has 1 aliphatic rings. The fraction of sp³-hybridized carbons (Fsp3) is 0.333. The van der Waals surface area contributed by atoms with Crippen molar-refractivity contribution in [3.8, 4) is 5.75 Å². The second-order valence-electron chi connectivity index (χ2n) is 6.40. The van der Waals surface area contributed by atoms with Crippen molar-refractivity contribution in [2.24, 2.45) is 0 Å². The van der Waals surface area contributed by atoms with Crippen LogP contribution in [0.3, 0.4) is 0 Å². The summed E-state index contributed by atoms with van der Waals surface area (Å²) in [5.41, 5.74) is 2.15. The van der Waals surface area contributed by atoms with E-state index in [0.717, 1.165) is 22.6 Å². The molecule has 0 unspecified atom stereocenters. The Morgan fingerprint density at radius 2 is 1.75 bits per heavy atom. The van der Waals surface area contributed by atoms with Crippen molar-refractivity contribution < 1.29 is 19.1 Å². The molecule has 5 nitrogen and oxygen atoms in total. The number of carbonyl (C=O) groups is 2. The first-order valence-electron chi connectivity index (χ1n) is 9.01. The Balaban J connectivity index is 1.82. The monoisotopic (exact) mass is 419 g/mol. The quantitative estimate of drug-likeness (QED) is 0.666. The second kappa shape index (κ2) is 9.85. The number of hydrogen-bond acceptors (Lipinski definition) is 5. The average molecular weight is 420 g/mol. The van der Waals surface area contributed by atoms with E-state index in [2.05, 4.69) is 0 Å². The minimum atomic E-state index is -0.345. The minimum Gasteiger partial charge on any atom is -0.488 e. The molecule has 28 heavy (non-hydrogen) atoms. The van der Waals surface area contributed by atoms with Gasteiger partial charge in [-0.3, -0.25) is 9.59 Å². The number of rotatable bonds is 6. The minimum absolute atomic E-state index is 0.0712. The molecule has 1 aliphatic heterocycles. The van der Waals surface area contributed by atoms with Gasteiger partial charge in [0.2, 0.25) is 0 Å². The molecule has 0 aliphatic carbocycles. The zero-order valence-corrected chi connectivity index (χ0v) is 17.2. The molecule has 0 saturated carbocycles. The third kappa shape index (κ3) is 5.42. The van der Waals surface area contributed by atoms with Crippen molar-refractivity contribution in [2.45, 2.75) is 13.0 Å². The van der Waals surface area contributed by atoms with E-state index in [1.165, 1.54) is 7.11 Å². The molecule has 0 aromatic heterocycles. The maximum atomic E-state index is 13.1. The van der Waals surface area contributed by atoms with Crippen LogP contribution in [-0.2, 0) is 22.6 Å². The standard InChI is InChI=1S/C21H22ClNO4S/c1-26-20(24)13-16-4-7-19(27-14-15-2-5-17(22)6-3-15)18(12-16)21(25)23-8-10-28-11-9-23/h2-7,12H,8-11,13-14H2,1H3. The van der Waals surface area contributed by atoms with Crippen LogP contribution in [0.15, 0.2) is 42.5 Å². The van der Waals surface area contributed by atoms with Crippen LogP contribution in [0.5, 0.6) is 5.75 Å². The van der Waals surface area contributed by atoms with Gasteiger partial charge in [0.1, 0.15) is 12.4 Å².